The van der Waals surface area contributed by atoms with Crippen LogP contribution in [0.5, 0.6) is 5.75 Å². The maximum Gasteiger partial charge on any atom is 0.573 e. The molecular formula is C8H4F6O. The van der Waals surface area contributed by atoms with E-state index in [1.54, 1.807) is 0 Å². The molecule has 0 amide bonds. The third-order valence-electron chi connectivity index (χ3n) is 1.38. The van der Waals surface area contributed by atoms with Crippen molar-refractivity contribution in [1.82, 2.24) is 0 Å². The molecule has 0 aliphatic carbocycles. The Labute approximate surface area is 80.3 Å². The normalized spacial score (nSPS) is 11.9. The minimum Gasteiger partial charge on any atom is -0.406 e. The molecule has 1 aromatic carbocycles. The largest absolute Gasteiger partial charge is 0.573 e. The standard InChI is InChI=1S/C8H4F6O/c9-5-1-4(7(10)11)2-6(3-5)15-8(12,13)14/h1-3,7H. The van der Waals surface area contributed by atoms with E-state index in [0.29, 0.717) is 18.2 Å². The third kappa shape index (κ3) is 3.69. The summed E-state index contributed by atoms with van der Waals surface area (Å²) in [6.45, 7) is 0. The van der Waals surface area contributed by atoms with E-state index in [-0.39, 0.29) is 0 Å². The first-order chi connectivity index (χ1) is 6.78. The topological polar surface area (TPSA) is 9.23 Å². The predicted molar refractivity (Wildman–Crippen MR) is 38.0 cm³/mol. The molecule has 84 valence electrons. The summed E-state index contributed by atoms with van der Waals surface area (Å²) in [5, 5.41) is 0. The van der Waals surface area contributed by atoms with Gasteiger partial charge in [-0.2, -0.15) is 0 Å². The molecular weight excluding hydrogens is 226 g/mol. The Morgan fingerprint density at radius 3 is 2.13 bits per heavy atom. The summed E-state index contributed by atoms with van der Waals surface area (Å²) in [6.07, 6.45) is -8.09. The van der Waals surface area contributed by atoms with Gasteiger partial charge in [-0.15, -0.1) is 13.2 Å². The summed E-state index contributed by atoms with van der Waals surface area (Å²) in [6, 6.07) is 1.24. The van der Waals surface area contributed by atoms with Gasteiger partial charge in [0.15, 0.2) is 0 Å². The molecule has 0 saturated carbocycles. The van der Waals surface area contributed by atoms with Gasteiger partial charge in [0.25, 0.3) is 6.43 Å². The van der Waals surface area contributed by atoms with Crippen molar-refractivity contribution in [2.75, 3.05) is 0 Å². The monoisotopic (exact) mass is 230 g/mol. The first kappa shape index (κ1) is 11.7. The maximum atomic E-state index is 12.6. The van der Waals surface area contributed by atoms with Crippen LogP contribution >= 0.6 is 0 Å². The Morgan fingerprint density at radius 1 is 1.07 bits per heavy atom. The van der Waals surface area contributed by atoms with E-state index in [1.165, 1.54) is 0 Å². The summed E-state index contributed by atoms with van der Waals surface area (Å²) in [4.78, 5) is 0. The van der Waals surface area contributed by atoms with E-state index in [4.69, 9.17) is 0 Å². The first-order valence-electron chi connectivity index (χ1n) is 3.62. The van der Waals surface area contributed by atoms with E-state index in [1.807, 2.05) is 0 Å². The number of halogens is 6. The quantitative estimate of drug-likeness (QED) is 0.704. The van der Waals surface area contributed by atoms with Crippen LogP contribution in [-0.2, 0) is 0 Å². The second kappa shape index (κ2) is 4.00. The van der Waals surface area contributed by atoms with Gasteiger partial charge < -0.3 is 4.74 Å². The lowest BCUT2D eigenvalue weighted by molar-refractivity contribution is -0.274. The van der Waals surface area contributed by atoms with Crippen LogP contribution in [0.4, 0.5) is 26.3 Å². The molecule has 0 N–H and O–H groups in total. The highest BCUT2D eigenvalue weighted by atomic mass is 19.4. The fourth-order valence-corrected chi connectivity index (χ4v) is 0.903. The van der Waals surface area contributed by atoms with Crippen molar-refractivity contribution in [3.63, 3.8) is 0 Å². The van der Waals surface area contributed by atoms with Gasteiger partial charge in [0.05, 0.1) is 0 Å². The predicted octanol–water partition coefficient (Wildman–Crippen LogP) is 3.66. The van der Waals surface area contributed by atoms with Gasteiger partial charge in [0.1, 0.15) is 11.6 Å². The smallest absolute Gasteiger partial charge is 0.406 e. The van der Waals surface area contributed by atoms with Crippen molar-refractivity contribution in [2.24, 2.45) is 0 Å². The molecule has 1 rings (SSSR count). The van der Waals surface area contributed by atoms with Gasteiger partial charge in [0, 0.05) is 11.6 Å². The second-order valence-electron chi connectivity index (χ2n) is 2.57. The average Bonchev–Trinajstić information content (AvgIpc) is 1.99. The van der Waals surface area contributed by atoms with E-state index in [0.717, 1.165) is 0 Å². The van der Waals surface area contributed by atoms with Crippen LogP contribution in [0.3, 0.4) is 0 Å². The van der Waals surface area contributed by atoms with Crippen molar-refractivity contribution in [3.8, 4) is 5.75 Å². The maximum absolute atomic E-state index is 12.6. The van der Waals surface area contributed by atoms with E-state index in [2.05, 4.69) is 4.74 Å². The Kier molecular flexibility index (Phi) is 3.11. The lowest BCUT2D eigenvalue weighted by Crippen LogP contribution is -2.17. The molecule has 0 bridgehead atoms. The highest BCUT2D eigenvalue weighted by Gasteiger charge is 2.31. The van der Waals surface area contributed by atoms with Crippen molar-refractivity contribution in [2.45, 2.75) is 12.8 Å². The summed E-state index contributed by atoms with van der Waals surface area (Å²) in [7, 11) is 0. The molecule has 0 radical (unpaired) electrons. The zero-order chi connectivity index (χ0) is 11.6. The van der Waals surface area contributed by atoms with Crippen LogP contribution in [0, 0.1) is 5.82 Å². The lowest BCUT2D eigenvalue weighted by Gasteiger charge is -2.10. The molecule has 0 aliphatic heterocycles. The van der Waals surface area contributed by atoms with Crippen LogP contribution in [0.25, 0.3) is 0 Å². The minimum atomic E-state index is -5.03. The molecule has 7 heteroatoms. The highest BCUT2D eigenvalue weighted by molar-refractivity contribution is 5.30. The van der Waals surface area contributed by atoms with Crippen molar-refractivity contribution >= 4 is 0 Å². The molecule has 0 fully saturated rings. The molecule has 0 aromatic heterocycles. The van der Waals surface area contributed by atoms with Crippen LogP contribution < -0.4 is 4.74 Å². The van der Waals surface area contributed by atoms with Crippen LogP contribution in [-0.4, -0.2) is 6.36 Å². The van der Waals surface area contributed by atoms with E-state index >= 15 is 0 Å². The fourth-order valence-electron chi connectivity index (χ4n) is 0.903. The van der Waals surface area contributed by atoms with Crippen molar-refractivity contribution in [3.05, 3.63) is 29.6 Å². The third-order valence-corrected chi connectivity index (χ3v) is 1.38. The fraction of sp³-hybridized carbons (Fsp3) is 0.250. The van der Waals surface area contributed by atoms with Crippen molar-refractivity contribution in [1.29, 1.82) is 0 Å². The Hall–Kier alpha value is -1.40. The summed E-state index contributed by atoms with van der Waals surface area (Å²) in [5.41, 5.74) is -0.866. The van der Waals surface area contributed by atoms with Gasteiger partial charge in [-0.3, -0.25) is 0 Å². The molecule has 0 spiro atoms. The zero-order valence-corrected chi connectivity index (χ0v) is 6.99. The Bertz CT molecular complexity index is 345. The van der Waals surface area contributed by atoms with Crippen molar-refractivity contribution < 1.29 is 31.1 Å². The molecule has 15 heavy (non-hydrogen) atoms. The van der Waals surface area contributed by atoms with Crippen LogP contribution in [0.1, 0.15) is 12.0 Å². The SMILES string of the molecule is Fc1cc(OC(F)(F)F)cc(C(F)F)c1. The van der Waals surface area contributed by atoms with E-state index < -0.39 is 29.9 Å². The number of alkyl halides is 5. The first-order valence-corrected chi connectivity index (χ1v) is 3.62. The zero-order valence-electron chi connectivity index (χ0n) is 6.99. The van der Waals surface area contributed by atoms with Gasteiger partial charge >= 0.3 is 6.36 Å². The number of ether oxygens (including phenoxy) is 1. The van der Waals surface area contributed by atoms with Crippen LogP contribution in [0.2, 0.25) is 0 Å². The molecule has 1 aromatic rings. The number of benzene rings is 1. The van der Waals surface area contributed by atoms with E-state index in [9.17, 15) is 26.3 Å². The number of hydrogen-bond donors (Lipinski definition) is 0. The molecule has 0 atom stereocenters. The average molecular weight is 230 g/mol. The van der Waals surface area contributed by atoms with Gasteiger partial charge in [0.2, 0.25) is 0 Å². The Balaban J connectivity index is 2.99. The lowest BCUT2D eigenvalue weighted by atomic mass is 10.2. The Morgan fingerprint density at radius 2 is 1.67 bits per heavy atom. The summed E-state index contributed by atoms with van der Waals surface area (Å²) >= 11 is 0. The summed E-state index contributed by atoms with van der Waals surface area (Å²) in [5.74, 6) is -2.22. The minimum absolute atomic E-state index is 0.374. The van der Waals surface area contributed by atoms with Gasteiger partial charge in [-0.25, -0.2) is 13.2 Å². The molecule has 0 saturated heterocycles. The second-order valence-corrected chi connectivity index (χ2v) is 2.57. The summed E-state index contributed by atoms with van der Waals surface area (Å²) < 4.78 is 75.0. The molecule has 0 aliphatic rings. The van der Waals surface area contributed by atoms with Gasteiger partial charge in [-0.1, -0.05) is 0 Å². The molecule has 1 nitrogen and oxygen atoms in total. The molecule has 0 unspecified atom stereocenters. The van der Waals surface area contributed by atoms with Gasteiger partial charge in [-0.05, 0) is 12.1 Å². The molecule has 0 heterocycles. The van der Waals surface area contributed by atoms with Crippen LogP contribution in [0.15, 0.2) is 18.2 Å². The number of hydrogen-bond acceptors (Lipinski definition) is 1. The number of rotatable bonds is 2. The highest BCUT2D eigenvalue weighted by Crippen LogP contribution is 2.28.